The maximum absolute atomic E-state index is 12.0. The van der Waals surface area contributed by atoms with Crippen molar-refractivity contribution < 1.29 is 4.79 Å². The van der Waals surface area contributed by atoms with Gasteiger partial charge in [0, 0.05) is 25.3 Å². The smallest absolute Gasteiger partial charge is 0.263 e. The summed E-state index contributed by atoms with van der Waals surface area (Å²) in [6.07, 6.45) is 5.48. The summed E-state index contributed by atoms with van der Waals surface area (Å²) >= 11 is 1.37. The number of anilines is 1. The number of amides is 1. The second-order valence-corrected chi connectivity index (χ2v) is 5.70. The maximum atomic E-state index is 12.0. The number of hydrogen-bond acceptors (Lipinski definition) is 5. The third-order valence-corrected chi connectivity index (χ3v) is 4.16. The molecule has 1 saturated heterocycles. The average Bonchev–Trinajstić information content (AvgIpc) is 3.03. The van der Waals surface area contributed by atoms with E-state index < -0.39 is 0 Å². The Hall–Kier alpha value is -1.95. The summed E-state index contributed by atoms with van der Waals surface area (Å²) in [7, 11) is 0. The number of piperidine rings is 1. The fourth-order valence-corrected chi connectivity index (χ4v) is 2.95. The molecular weight excluding hydrogens is 272 g/mol. The number of carbonyl (C=O) groups excluding carboxylic acids is 1. The van der Waals surface area contributed by atoms with E-state index in [1.807, 2.05) is 18.2 Å². The summed E-state index contributed by atoms with van der Waals surface area (Å²) in [5.41, 5.74) is 1.68. The first-order valence-corrected chi connectivity index (χ1v) is 7.56. The van der Waals surface area contributed by atoms with Crippen molar-refractivity contribution in [3.8, 4) is 0 Å². The van der Waals surface area contributed by atoms with Gasteiger partial charge in [-0.25, -0.2) is 4.98 Å². The van der Waals surface area contributed by atoms with E-state index in [0.717, 1.165) is 31.7 Å². The van der Waals surface area contributed by atoms with Crippen molar-refractivity contribution in [3.63, 3.8) is 0 Å². The van der Waals surface area contributed by atoms with E-state index in [1.165, 1.54) is 11.3 Å². The first-order valence-electron chi connectivity index (χ1n) is 6.68. The van der Waals surface area contributed by atoms with E-state index in [-0.39, 0.29) is 11.9 Å². The first-order chi connectivity index (χ1) is 9.83. The van der Waals surface area contributed by atoms with Crippen LogP contribution in [0.2, 0.25) is 0 Å². The van der Waals surface area contributed by atoms with Crippen LogP contribution in [-0.4, -0.2) is 35.0 Å². The van der Waals surface area contributed by atoms with E-state index in [0.29, 0.717) is 4.88 Å². The van der Waals surface area contributed by atoms with E-state index >= 15 is 0 Å². The third-order valence-electron chi connectivity index (χ3n) is 3.39. The minimum atomic E-state index is -0.0274. The standard InChI is InChI=1S/C14H16N4OS/c19-14(12-8-15-10-20-12)17-11-4-3-7-18(9-11)13-5-1-2-6-16-13/h1-2,5-6,8,10-11H,3-4,7,9H2,(H,17,19). The highest BCUT2D eigenvalue weighted by molar-refractivity contribution is 7.11. The maximum Gasteiger partial charge on any atom is 0.263 e. The molecule has 0 spiro atoms. The van der Waals surface area contributed by atoms with Gasteiger partial charge in [0.1, 0.15) is 10.7 Å². The molecule has 1 amide bonds. The Kier molecular flexibility index (Phi) is 3.92. The molecule has 1 atom stereocenters. The first kappa shape index (κ1) is 13.1. The largest absolute Gasteiger partial charge is 0.355 e. The van der Waals surface area contributed by atoms with Crippen molar-refractivity contribution in [2.75, 3.05) is 18.0 Å². The Labute approximate surface area is 121 Å². The van der Waals surface area contributed by atoms with Crippen LogP contribution in [0.25, 0.3) is 0 Å². The van der Waals surface area contributed by atoms with Crippen LogP contribution < -0.4 is 10.2 Å². The second kappa shape index (κ2) is 6.00. The van der Waals surface area contributed by atoms with Gasteiger partial charge in [-0.05, 0) is 25.0 Å². The van der Waals surface area contributed by atoms with Crippen LogP contribution in [-0.2, 0) is 0 Å². The van der Waals surface area contributed by atoms with E-state index in [1.54, 1.807) is 17.9 Å². The molecule has 104 valence electrons. The fraction of sp³-hybridized carbons (Fsp3) is 0.357. The predicted octanol–water partition coefficient (Wildman–Crippen LogP) is 1.94. The van der Waals surface area contributed by atoms with E-state index in [2.05, 4.69) is 20.2 Å². The molecule has 2 aromatic heterocycles. The summed E-state index contributed by atoms with van der Waals surface area (Å²) in [6.45, 7) is 1.80. The molecule has 0 aliphatic carbocycles. The van der Waals surface area contributed by atoms with E-state index in [9.17, 15) is 4.79 Å². The Morgan fingerprint density at radius 1 is 1.45 bits per heavy atom. The zero-order chi connectivity index (χ0) is 13.8. The van der Waals surface area contributed by atoms with Gasteiger partial charge in [-0.3, -0.25) is 9.78 Å². The van der Waals surface area contributed by atoms with Crippen molar-refractivity contribution in [2.45, 2.75) is 18.9 Å². The van der Waals surface area contributed by atoms with Gasteiger partial charge >= 0.3 is 0 Å². The molecule has 1 unspecified atom stereocenters. The van der Waals surface area contributed by atoms with Crippen LogP contribution in [0.15, 0.2) is 36.1 Å². The van der Waals surface area contributed by atoms with Gasteiger partial charge in [-0.1, -0.05) is 6.07 Å². The van der Waals surface area contributed by atoms with Gasteiger partial charge in [0.05, 0.1) is 11.7 Å². The molecule has 1 aliphatic rings. The van der Waals surface area contributed by atoms with Crippen LogP contribution in [0.1, 0.15) is 22.5 Å². The Morgan fingerprint density at radius 2 is 2.40 bits per heavy atom. The molecule has 0 saturated carbocycles. The molecule has 3 heterocycles. The lowest BCUT2D eigenvalue weighted by Gasteiger charge is -2.33. The number of nitrogens with one attached hydrogen (secondary N) is 1. The zero-order valence-electron chi connectivity index (χ0n) is 11.0. The minimum absolute atomic E-state index is 0.0274. The second-order valence-electron chi connectivity index (χ2n) is 4.81. The van der Waals surface area contributed by atoms with Crippen molar-refractivity contribution in [1.82, 2.24) is 15.3 Å². The number of nitrogens with zero attached hydrogens (tertiary/aromatic N) is 3. The Morgan fingerprint density at radius 3 is 3.15 bits per heavy atom. The lowest BCUT2D eigenvalue weighted by molar-refractivity contribution is 0.0937. The highest BCUT2D eigenvalue weighted by Crippen LogP contribution is 2.17. The lowest BCUT2D eigenvalue weighted by Crippen LogP contribution is -2.47. The number of pyridine rings is 1. The number of rotatable bonds is 3. The highest BCUT2D eigenvalue weighted by atomic mass is 32.1. The average molecular weight is 288 g/mol. The molecule has 6 heteroatoms. The summed E-state index contributed by atoms with van der Waals surface area (Å²) < 4.78 is 0. The third kappa shape index (κ3) is 2.96. The molecular formula is C14H16N4OS. The number of thiazole rings is 1. The van der Waals surface area contributed by atoms with Gasteiger partial charge < -0.3 is 10.2 Å². The van der Waals surface area contributed by atoms with Crippen molar-refractivity contribution >= 4 is 23.1 Å². The van der Waals surface area contributed by atoms with E-state index in [4.69, 9.17) is 0 Å². The summed E-state index contributed by atoms with van der Waals surface area (Å²) in [5, 5.41) is 3.08. The quantitative estimate of drug-likeness (QED) is 0.937. The molecule has 1 N–H and O–H groups in total. The van der Waals surface area contributed by atoms with Gasteiger partial charge in [0.25, 0.3) is 5.91 Å². The Bertz CT molecular complexity index is 558. The molecule has 0 aromatic carbocycles. The number of aromatic nitrogens is 2. The molecule has 5 nitrogen and oxygen atoms in total. The molecule has 0 radical (unpaired) electrons. The topological polar surface area (TPSA) is 58.1 Å². The van der Waals surface area contributed by atoms with Gasteiger partial charge in [0.15, 0.2) is 0 Å². The fourth-order valence-electron chi connectivity index (χ4n) is 2.43. The van der Waals surface area contributed by atoms with Crippen LogP contribution in [0, 0.1) is 0 Å². The van der Waals surface area contributed by atoms with Crippen molar-refractivity contribution in [3.05, 3.63) is 41.0 Å². The zero-order valence-corrected chi connectivity index (χ0v) is 11.8. The summed E-state index contributed by atoms with van der Waals surface area (Å²) in [4.78, 5) is 23.2. The number of hydrogen-bond donors (Lipinski definition) is 1. The normalized spacial score (nSPS) is 18.8. The lowest BCUT2D eigenvalue weighted by atomic mass is 10.1. The van der Waals surface area contributed by atoms with Crippen LogP contribution in [0.4, 0.5) is 5.82 Å². The molecule has 0 bridgehead atoms. The van der Waals surface area contributed by atoms with Crippen molar-refractivity contribution in [2.24, 2.45) is 0 Å². The van der Waals surface area contributed by atoms with Crippen LogP contribution in [0.5, 0.6) is 0 Å². The van der Waals surface area contributed by atoms with Gasteiger partial charge in [-0.15, -0.1) is 11.3 Å². The molecule has 3 rings (SSSR count). The van der Waals surface area contributed by atoms with Gasteiger partial charge in [0.2, 0.25) is 0 Å². The predicted molar refractivity (Wildman–Crippen MR) is 79.1 cm³/mol. The minimum Gasteiger partial charge on any atom is -0.355 e. The molecule has 1 aliphatic heterocycles. The van der Waals surface area contributed by atoms with Crippen LogP contribution in [0.3, 0.4) is 0 Å². The van der Waals surface area contributed by atoms with Crippen LogP contribution >= 0.6 is 11.3 Å². The summed E-state index contributed by atoms with van der Waals surface area (Å²) in [6, 6.07) is 6.08. The van der Waals surface area contributed by atoms with Crippen molar-refractivity contribution in [1.29, 1.82) is 0 Å². The Balaban J connectivity index is 1.62. The monoisotopic (exact) mass is 288 g/mol. The van der Waals surface area contributed by atoms with Gasteiger partial charge in [-0.2, -0.15) is 0 Å². The molecule has 2 aromatic rings. The molecule has 20 heavy (non-hydrogen) atoms. The molecule has 1 fully saturated rings. The highest BCUT2D eigenvalue weighted by Gasteiger charge is 2.22. The number of carbonyl (C=O) groups is 1. The summed E-state index contributed by atoms with van der Waals surface area (Å²) in [5.74, 6) is 0.949. The SMILES string of the molecule is O=C(NC1CCCN(c2ccccn2)C1)c1cncs1.